The SMILES string of the molecule is C1=CCCC(c2cc(-c3ccccc3)nc(-n3c4ccccc4c4ccc(-c5ccc6c(c5)c5ccccc5n6-c5ccccc5)cc43)n2)=C1. The van der Waals surface area contributed by atoms with E-state index in [-0.39, 0.29) is 0 Å². The zero-order chi connectivity index (χ0) is 33.0. The molecule has 6 aromatic carbocycles. The maximum absolute atomic E-state index is 5.28. The van der Waals surface area contributed by atoms with Gasteiger partial charge in [-0.15, -0.1) is 0 Å². The van der Waals surface area contributed by atoms with Crippen molar-refractivity contribution < 1.29 is 0 Å². The number of para-hydroxylation sites is 3. The largest absolute Gasteiger partial charge is 0.309 e. The Morgan fingerprint density at radius 2 is 1.06 bits per heavy atom. The number of rotatable bonds is 5. The van der Waals surface area contributed by atoms with Crippen LogP contribution in [0, 0.1) is 0 Å². The van der Waals surface area contributed by atoms with Crippen LogP contribution < -0.4 is 0 Å². The van der Waals surface area contributed by atoms with Crippen molar-refractivity contribution in [2.24, 2.45) is 0 Å². The third-order valence-corrected chi connectivity index (χ3v) is 10.0. The molecule has 50 heavy (non-hydrogen) atoms. The summed E-state index contributed by atoms with van der Waals surface area (Å²) in [6, 6.07) is 54.2. The molecule has 10 rings (SSSR count). The number of aromatic nitrogens is 4. The molecular weight excluding hydrogens is 609 g/mol. The predicted molar refractivity (Wildman–Crippen MR) is 208 cm³/mol. The minimum absolute atomic E-state index is 0.682. The third-order valence-electron chi connectivity index (χ3n) is 10.0. The molecular formula is C46H32N4. The van der Waals surface area contributed by atoms with Gasteiger partial charge < -0.3 is 4.57 Å². The van der Waals surface area contributed by atoms with E-state index in [1.54, 1.807) is 0 Å². The van der Waals surface area contributed by atoms with Crippen LogP contribution in [0.25, 0.3) is 83.2 Å². The average Bonchev–Trinajstić information content (AvgIpc) is 3.71. The highest BCUT2D eigenvalue weighted by molar-refractivity contribution is 6.12. The Morgan fingerprint density at radius 3 is 1.84 bits per heavy atom. The first-order chi connectivity index (χ1) is 24.8. The van der Waals surface area contributed by atoms with Gasteiger partial charge in [0.05, 0.1) is 33.5 Å². The van der Waals surface area contributed by atoms with Crippen LogP contribution in [0.4, 0.5) is 0 Å². The van der Waals surface area contributed by atoms with E-state index in [4.69, 9.17) is 9.97 Å². The Bertz CT molecular complexity index is 2800. The summed E-state index contributed by atoms with van der Waals surface area (Å²) in [5, 5.41) is 4.85. The van der Waals surface area contributed by atoms with Crippen LogP contribution >= 0.6 is 0 Å². The molecule has 3 aromatic heterocycles. The van der Waals surface area contributed by atoms with E-state index in [0.717, 1.165) is 52.1 Å². The van der Waals surface area contributed by atoms with E-state index in [9.17, 15) is 0 Å². The van der Waals surface area contributed by atoms with Crippen molar-refractivity contribution in [1.29, 1.82) is 0 Å². The number of hydrogen-bond donors (Lipinski definition) is 0. The van der Waals surface area contributed by atoms with Crippen molar-refractivity contribution in [2.45, 2.75) is 12.8 Å². The Hall–Kier alpha value is -6.52. The van der Waals surface area contributed by atoms with Crippen molar-refractivity contribution >= 4 is 49.2 Å². The zero-order valence-corrected chi connectivity index (χ0v) is 27.4. The van der Waals surface area contributed by atoms with E-state index < -0.39 is 0 Å². The molecule has 0 atom stereocenters. The Kier molecular flexibility index (Phi) is 6.59. The molecule has 4 nitrogen and oxygen atoms in total. The molecule has 1 aliphatic rings. The van der Waals surface area contributed by atoms with Gasteiger partial charge in [0.25, 0.3) is 0 Å². The van der Waals surface area contributed by atoms with E-state index in [0.29, 0.717) is 5.95 Å². The first-order valence-electron chi connectivity index (χ1n) is 17.2. The molecule has 0 spiro atoms. The molecule has 3 heterocycles. The summed E-state index contributed by atoms with van der Waals surface area (Å²) in [5.41, 5.74) is 12.3. The van der Waals surface area contributed by atoms with Gasteiger partial charge in [0.1, 0.15) is 0 Å². The van der Waals surface area contributed by atoms with Gasteiger partial charge in [-0.05, 0) is 78.1 Å². The third kappa shape index (κ3) is 4.61. The van der Waals surface area contributed by atoms with Gasteiger partial charge in [0.15, 0.2) is 0 Å². The lowest BCUT2D eigenvalue weighted by Crippen LogP contribution is -2.05. The smallest absolute Gasteiger partial charge is 0.235 e. The van der Waals surface area contributed by atoms with Crippen LogP contribution in [0.1, 0.15) is 18.5 Å². The van der Waals surface area contributed by atoms with Crippen LogP contribution in [0.15, 0.2) is 170 Å². The standard InChI is InChI=1S/C46H32N4/c1-4-14-31(15-5-1)40-30-41(32-16-6-2-7-17-32)48-46(47-40)50-43-23-13-10-20-36(43)38-26-24-34(29-45(38)50)33-25-27-44-39(28-33)37-21-11-12-22-42(37)49(44)35-18-8-3-9-19-35/h1-6,8-16,18-30H,7,17H2. The molecule has 0 radical (unpaired) electrons. The average molecular weight is 641 g/mol. The van der Waals surface area contributed by atoms with Crippen molar-refractivity contribution in [3.63, 3.8) is 0 Å². The summed E-state index contributed by atoms with van der Waals surface area (Å²) in [7, 11) is 0. The van der Waals surface area contributed by atoms with Crippen molar-refractivity contribution in [3.05, 3.63) is 176 Å². The highest BCUT2D eigenvalue weighted by Crippen LogP contribution is 2.38. The van der Waals surface area contributed by atoms with Gasteiger partial charge in [-0.3, -0.25) is 4.57 Å². The highest BCUT2D eigenvalue weighted by atomic mass is 15.2. The van der Waals surface area contributed by atoms with Crippen LogP contribution in [-0.2, 0) is 0 Å². The monoisotopic (exact) mass is 640 g/mol. The molecule has 0 N–H and O–H groups in total. The second-order valence-corrected chi connectivity index (χ2v) is 13.0. The topological polar surface area (TPSA) is 35.6 Å². The normalized spacial score (nSPS) is 13.1. The van der Waals surface area contributed by atoms with Crippen molar-refractivity contribution in [2.75, 3.05) is 0 Å². The summed E-state index contributed by atoms with van der Waals surface area (Å²) < 4.78 is 4.62. The maximum Gasteiger partial charge on any atom is 0.235 e. The number of fused-ring (bicyclic) bond motifs is 6. The fourth-order valence-corrected chi connectivity index (χ4v) is 7.65. The fourth-order valence-electron chi connectivity index (χ4n) is 7.65. The lowest BCUT2D eigenvalue weighted by molar-refractivity contribution is 0.965. The Labute approximate surface area is 289 Å². The Morgan fingerprint density at radius 1 is 0.440 bits per heavy atom. The van der Waals surface area contributed by atoms with Gasteiger partial charge in [0, 0.05) is 32.8 Å². The number of benzene rings is 6. The summed E-state index contributed by atoms with van der Waals surface area (Å²) in [4.78, 5) is 10.5. The minimum atomic E-state index is 0.682. The van der Waals surface area contributed by atoms with Gasteiger partial charge >= 0.3 is 0 Å². The van der Waals surface area contributed by atoms with Gasteiger partial charge in [-0.2, -0.15) is 0 Å². The molecule has 0 fully saturated rings. The van der Waals surface area contributed by atoms with Crippen LogP contribution in [0.2, 0.25) is 0 Å². The van der Waals surface area contributed by atoms with Gasteiger partial charge in [-0.25, -0.2) is 9.97 Å². The van der Waals surface area contributed by atoms with Crippen LogP contribution in [0.5, 0.6) is 0 Å². The van der Waals surface area contributed by atoms with E-state index >= 15 is 0 Å². The molecule has 4 heteroatoms. The molecule has 0 aliphatic heterocycles. The van der Waals surface area contributed by atoms with Crippen LogP contribution in [-0.4, -0.2) is 19.1 Å². The number of allylic oxidation sites excluding steroid dienone is 4. The van der Waals surface area contributed by atoms with Crippen LogP contribution in [0.3, 0.4) is 0 Å². The van der Waals surface area contributed by atoms with E-state index in [1.807, 2.05) is 6.07 Å². The maximum atomic E-state index is 5.28. The first kappa shape index (κ1) is 28.5. The molecule has 0 saturated carbocycles. The second kappa shape index (κ2) is 11.6. The van der Waals surface area contributed by atoms with E-state index in [1.165, 1.54) is 43.7 Å². The first-order valence-corrected chi connectivity index (χ1v) is 17.2. The van der Waals surface area contributed by atoms with E-state index in [2.05, 4.69) is 173 Å². The molecule has 0 saturated heterocycles. The molecule has 236 valence electrons. The summed E-state index contributed by atoms with van der Waals surface area (Å²) in [6.45, 7) is 0. The number of hydrogen-bond acceptors (Lipinski definition) is 2. The fraction of sp³-hybridized carbons (Fsp3) is 0.0435. The minimum Gasteiger partial charge on any atom is -0.309 e. The van der Waals surface area contributed by atoms with Gasteiger partial charge in [0.2, 0.25) is 5.95 Å². The summed E-state index contributed by atoms with van der Waals surface area (Å²) in [5.74, 6) is 0.682. The molecule has 1 aliphatic carbocycles. The summed E-state index contributed by atoms with van der Waals surface area (Å²) >= 11 is 0. The lowest BCUT2D eigenvalue weighted by Gasteiger charge is -2.14. The second-order valence-electron chi connectivity index (χ2n) is 13.0. The quantitative estimate of drug-likeness (QED) is 0.188. The van der Waals surface area contributed by atoms with Gasteiger partial charge in [-0.1, -0.05) is 121 Å². The molecule has 0 bridgehead atoms. The number of nitrogens with zero attached hydrogens (tertiary/aromatic N) is 4. The summed E-state index contributed by atoms with van der Waals surface area (Å²) in [6.07, 6.45) is 8.53. The zero-order valence-electron chi connectivity index (χ0n) is 27.4. The molecule has 9 aromatic rings. The predicted octanol–water partition coefficient (Wildman–Crippen LogP) is 11.7. The Balaban J connectivity index is 1.20. The van der Waals surface area contributed by atoms with Crippen molar-refractivity contribution in [1.82, 2.24) is 19.1 Å². The van der Waals surface area contributed by atoms with Crippen molar-refractivity contribution in [3.8, 4) is 34.0 Å². The molecule has 0 unspecified atom stereocenters. The lowest BCUT2D eigenvalue weighted by atomic mass is 10.0. The highest BCUT2D eigenvalue weighted by Gasteiger charge is 2.19. The molecule has 0 amide bonds.